The Morgan fingerprint density at radius 1 is 0.500 bits per heavy atom. The van der Waals surface area contributed by atoms with Crippen LogP contribution in [0.15, 0.2) is 111 Å². The van der Waals surface area contributed by atoms with Crippen LogP contribution in [-0.2, 0) is 0 Å². The highest BCUT2D eigenvalue weighted by molar-refractivity contribution is 5.65. The first-order valence-electron chi connectivity index (χ1n) is 10.5. The third-order valence-electron chi connectivity index (χ3n) is 5.13. The van der Waals surface area contributed by atoms with E-state index < -0.39 is 0 Å². The molecule has 4 nitrogen and oxygen atoms in total. The number of pyridine rings is 2. The van der Waals surface area contributed by atoms with Crippen LogP contribution in [0.3, 0.4) is 0 Å². The van der Waals surface area contributed by atoms with Gasteiger partial charge in [0.1, 0.15) is 0 Å². The van der Waals surface area contributed by atoms with Gasteiger partial charge in [-0.25, -0.2) is 0 Å². The van der Waals surface area contributed by atoms with E-state index in [1.807, 2.05) is 61.2 Å². The summed E-state index contributed by atoms with van der Waals surface area (Å²) in [6.07, 6.45) is 11.3. The lowest BCUT2D eigenvalue weighted by Gasteiger charge is -2.03. The molecule has 0 aliphatic heterocycles. The maximum absolute atomic E-state index is 5.73. The van der Waals surface area contributed by atoms with Crippen LogP contribution in [0.2, 0.25) is 0 Å². The van der Waals surface area contributed by atoms with Gasteiger partial charge in [0.05, 0.1) is 0 Å². The van der Waals surface area contributed by atoms with Crippen LogP contribution in [0.1, 0.15) is 11.1 Å². The second kappa shape index (κ2) is 10.2. The Bertz CT molecular complexity index is 1070. The lowest BCUT2D eigenvalue weighted by Crippen LogP contribution is -2.48. The molecular formula is C28H26N2O2+2. The van der Waals surface area contributed by atoms with E-state index in [1.54, 1.807) is 9.46 Å². The van der Waals surface area contributed by atoms with Crippen molar-refractivity contribution >= 4 is 12.2 Å². The molecule has 0 aliphatic rings. The molecule has 2 heterocycles. The summed E-state index contributed by atoms with van der Waals surface area (Å²) < 4.78 is 3.37. The zero-order valence-electron chi connectivity index (χ0n) is 17.9. The molecule has 32 heavy (non-hydrogen) atoms. The Hall–Kier alpha value is -4.18. The maximum Gasteiger partial charge on any atom is 0.223 e. The number of aromatic nitrogens is 2. The van der Waals surface area contributed by atoms with Gasteiger partial charge in [0.25, 0.3) is 0 Å². The van der Waals surface area contributed by atoms with Crippen molar-refractivity contribution in [1.82, 2.24) is 0 Å². The van der Waals surface area contributed by atoms with Crippen molar-refractivity contribution in [3.05, 3.63) is 122 Å². The van der Waals surface area contributed by atoms with Crippen molar-refractivity contribution in [2.24, 2.45) is 0 Å². The molecule has 0 aliphatic carbocycles. The SMILES string of the molecule is C=Cc1ccc(-c2cc[n+](OCCO[n+]3ccc(-c4ccc(C=C)cc4)cc3)cc2)cc1. The van der Waals surface area contributed by atoms with E-state index in [0.29, 0.717) is 13.2 Å². The monoisotopic (exact) mass is 422 g/mol. The zero-order valence-corrected chi connectivity index (χ0v) is 17.9. The summed E-state index contributed by atoms with van der Waals surface area (Å²) in [6.45, 7) is 8.43. The van der Waals surface area contributed by atoms with Gasteiger partial charge in [0.2, 0.25) is 38.0 Å². The van der Waals surface area contributed by atoms with Crippen molar-refractivity contribution in [3.8, 4) is 22.3 Å². The topological polar surface area (TPSA) is 26.2 Å². The lowest BCUT2D eigenvalue weighted by molar-refractivity contribution is -0.908. The standard InChI is InChI=1S/C28H26N2O2/c1-3-23-5-9-25(10-6-23)27-13-17-29(18-14-27)31-21-22-32-30-19-15-28(16-20-30)26-11-7-24(4-2)8-12-26/h3-20H,1-2,21-22H2/q+2. The molecule has 0 N–H and O–H groups in total. The molecule has 158 valence electrons. The van der Waals surface area contributed by atoms with Gasteiger partial charge in [0, 0.05) is 33.7 Å². The van der Waals surface area contributed by atoms with Crippen LogP contribution in [0.4, 0.5) is 0 Å². The second-order valence-corrected chi connectivity index (χ2v) is 7.21. The highest BCUT2D eigenvalue weighted by Gasteiger charge is 2.07. The van der Waals surface area contributed by atoms with Gasteiger partial charge in [-0.2, -0.15) is 0 Å². The first-order chi connectivity index (χ1) is 15.7. The molecule has 0 spiro atoms. The summed E-state index contributed by atoms with van der Waals surface area (Å²) in [7, 11) is 0. The van der Waals surface area contributed by atoms with Crippen LogP contribution < -0.4 is 19.1 Å². The molecule has 0 atom stereocenters. The maximum atomic E-state index is 5.73. The Balaban J connectivity index is 1.25. The Kier molecular flexibility index (Phi) is 6.73. The summed E-state index contributed by atoms with van der Waals surface area (Å²) in [4.78, 5) is 11.5. The van der Waals surface area contributed by atoms with Crippen molar-refractivity contribution in [2.75, 3.05) is 13.2 Å². The van der Waals surface area contributed by atoms with Gasteiger partial charge in [-0.1, -0.05) is 73.8 Å². The minimum atomic E-state index is 0.426. The van der Waals surface area contributed by atoms with Crippen LogP contribution >= 0.6 is 0 Å². The zero-order chi connectivity index (χ0) is 22.2. The number of hydrogen-bond donors (Lipinski definition) is 0. The summed E-state index contributed by atoms with van der Waals surface area (Å²) in [5.41, 5.74) is 6.79. The van der Waals surface area contributed by atoms with Crippen molar-refractivity contribution < 1.29 is 19.1 Å². The van der Waals surface area contributed by atoms with Gasteiger partial charge in [0.15, 0.2) is 0 Å². The molecule has 4 heteroatoms. The van der Waals surface area contributed by atoms with Gasteiger partial charge < -0.3 is 0 Å². The fourth-order valence-corrected chi connectivity index (χ4v) is 3.29. The average molecular weight is 423 g/mol. The Labute approximate surface area is 188 Å². The van der Waals surface area contributed by atoms with Crippen molar-refractivity contribution in [3.63, 3.8) is 0 Å². The minimum Gasteiger partial charge on any atom is -0.267 e. The van der Waals surface area contributed by atoms with E-state index in [-0.39, 0.29) is 0 Å². The second-order valence-electron chi connectivity index (χ2n) is 7.21. The fraction of sp³-hybridized carbons (Fsp3) is 0.0714. The summed E-state index contributed by atoms with van der Waals surface area (Å²) in [5.74, 6) is 0. The Morgan fingerprint density at radius 3 is 1.12 bits per heavy atom. The molecule has 0 saturated carbocycles. The van der Waals surface area contributed by atoms with Crippen LogP contribution in [0.25, 0.3) is 34.4 Å². The summed E-state index contributed by atoms with van der Waals surface area (Å²) in [5, 5.41) is 0. The smallest absolute Gasteiger partial charge is 0.223 e. The summed E-state index contributed by atoms with van der Waals surface area (Å²) in [6, 6.07) is 24.7. The normalized spacial score (nSPS) is 10.4. The molecule has 4 aromatic rings. The van der Waals surface area contributed by atoms with Gasteiger partial charge in [-0.3, -0.25) is 9.68 Å². The molecule has 0 bridgehead atoms. The molecule has 0 saturated heterocycles. The predicted octanol–water partition coefficient (Wildman–Crippen LogP) is 4.44. The fourth-order valence-electron chi connectivity index (χ4n) is 3.29. The highest BCUT2D eigenvalue weighted by atomic mass is 16.7. The quantitative estimate of drug-likeness (QED) is 0.294. The van der Waals surface area contributed by atoms with Crippen LogP contribution in [-0.4, -0.2) is 13.2 Å². The van der Waals surface area contributed by atoms with Gasteiger partial charge >= 0.3 is 0 Å². The third kappa shape index (κ3) is 5.29. The predicted molar refractivity (Wildman–Crippen MR) is 127 cm³/mol. The van der Waals surface area contributed by atoms with E-state index in [0.717, 1.165) is 33.4 Å². The van der Waals surface area contributed by atoms with E-state index in [9.17, 15) is 0 Å². The molecule has 2 aromatic carbocycles. The molecule has 0 unspecified atom stereocenters. The number of nitrogens with zero attached hydrogens (tertiary/aromatic N) is 2. The first-order valence-corrected chi connectivity index (χ1v) is 10.5. The average Bonchev–Trinajstić information content (AvgIpc) is 2.87. The number of rotatable bonds is 9. The molecule has 0 fully saturated rings. The van der Waals surface area contributed by atoms with E-state index in [1.165, 1.54) is 0 Å². The molecule has 4 rings (SSSR count). The number of hydrogen-bond acceptors (Lipinski definition) is 2. The van der Waals surface area contributed by atoms with E-state index in [4.69, 9.17) is 9.68 Å². The molecule has 0 amide bonds. The molecule has 0 radical (unpaired) electrons. The highest BCUT2D eigenvalue weighted by Crippen LogP contribution is 2.19. The Morgan fingerprint density at radius 2 is 0.812 bits per heavy atom. The van der Waals surface area contributed by atoms with Gasteiger partial charge in [-0.05, 0) is 33.4 Å². The van der Waals surface area contributed by atoms with Gasteiger partial charge in [-0.15, -0.1) is 0 Å². The third-order valence-corrected chi connectivity index (χ3v) is 5.13. The largest absolute Gasteiger partial charge is 0.267 e. The van der Waals surface area contributed by atoms with Crippen molar-refractivity contribution in [1.29, 1.82) is 0 Å². The molecular weight excluding hydrogens is 396 g/mol. The summed E-state index contributed by atoms with van der Waals surface area (Å²) >= 11 is 0. The lowest BCUT2D eigenvalue weighted by atomic mass is 10.1. The first kappa shape index (κ1) is 21.1. The van der Waals surface area contributed by atoms with E-state index >= 15 is 0 Å². The minimum absolute atomic E-state index is 0.426. The van der Waals surface area contributed by atoms with E-state index in [2.05, 4.69) is 61.7 Å². The molecule has 2 aromatic heterocycles. The number of benzene rings is 2. The van der Waals surface area contributed by atoms with Crippen LogP contribution in [0, 0.1) is 0 Å². The van der Waals surface area contributed by atoms with Crippen molar-refractivity contribution in [2.45, 2.75) is 0 Å². The van der Waals surface area contributed by atoms with Crippen LogP contribution in [0.5, 0.6) is 0 Å².